The van der Waals surface area contributed by atoms with Crippen LogP contribution in [0.5, 0.6) is 0 Å². The summed E-state index contributed by atoms with van der Waals surface area (Å²) >= 11 is 3.30. The van der Waals surface area contributed by atoms with E-state index in [1.54, 1.807) is 6.20 Å². The van der Waals surface area contributed by atoms with E-state index in [0.29, 0.717) is 10.6 Å². The predicted octanol–water partition coefficient (Wildman–Crippen LogP) is 2.85. The van der Waals surface area contributed by atoms with E-state index in [9.17, 15) is 4.79 Å². The summed E-state index contributed by atoms with van der Waals surface area (Å²) in [6, 6.07) is 3.77. The fraction of sp³-hybridized carbons (Fsp3) is 0.429. The molecule has 1 aliphatic heterocycles. The van der Waals surface area contributed by atoms with E-state index >= 15 is 0 Å². The van der Waals surface area contributed by atoms with Gasteiger partial charge < -0.3 is 10.6 Å². The number of aromatic nitrogens is 1. The largest absolute Gasteiger partial charge is 0.397 e. The Morgan fingerprint density at radius 3 is 3.00 bits per heavy atom. The topological polar surface area (TPSA) is 59.2 Å². The van der Waals surface area contributed by atoms with Gasteiger partial charge in [-0.3, -0.25) is 4.79 Å². The maximum Gasteiger partial charge on any atom is 0.266 e. The molecule has 0 aliphatic carbocycles. The predicted molar refractivity (Wildman–Crippen MR) is 86.5 cm³/mol. The van der Waals surface area contributed by atoms with E-state index < -0.39 is 0 Å². The smallest absolute Gasteiger partial charge is 0.266 e. The molecule has 6 heteroatoms. The van der Waals surface area contributed by atoms with Crippen LogP contribution in [0.15, 0.2) is 18.3 Å². The van der Waals surface area contributed by atoms with E-state index in [-0.39, 0.29) is 10.7 Å². The first kappa shape index (κ1) is 13.7. The second-order valence-corrected chi connectivity index (χ2v) is 8.34. The molecular weight excluding hydrogens is 290 g/mol. The first-order valence-electron chi connectivity index (χ1n) is 6.54. The molecular formula is C14H17N3OS2. The quantitative estimate of drug-likeness (QED) is 0.880. The number of fused-ring (bicyclic) bond motifs is 1. The van der Waals surface area contributed by atoms with Gasteiger partial charge in [0.15, 0.2) is 0 Å². The standard InChI is InChI=1S/C14H17N3OS2/c1-14(2)8-17(6-7-19-14)13(18)11-10(15)9-4-3-5-16-12(9)20-11/h3-5H,6-8,15H2,1-2H3. The lowest BCUT2D eigenvalue weighted by atomic mass is 10.1. The molecule has 0 saturated carbocycles. The van der Waals surface area contributed by atoms with Gasteiger partial charge in [-0.05, 0) is 26.0 Å². The number of amides is 1. The maximum atomic E-state index is 12.7. The number of nitrogens with zero attached hydrogens (tertiary/aromatic N) is 2. The van der Waals surface area contributed by atoms with Gasteiger partial charge in [-0.2, -0.15) is 11.8 Å². The van der Waals surface area contributed by atoms with Gasteiger partial charge in [0.1, 0.15) is 9.71 Å². The highest BCUT2D eigenvalue weighted by Gasteiger charge is 2.31. The molecule has 2 aromatic rings. The van der Waals surface area contributed by atoms with E-state index in [2.05, 4.69) is 18.8 Å². The minimum Gasteiger partial charge on any atom is -0.397 e. The van der Waals surface area contributed by atoms with Crippen LogP contribution in [-0.2, 0) is 0 Å². The monoisotopic (exact) mass is 307 g/mol. The molecule has 0 aromatic carbocycles. The van der Waals surface area contributed by atoms with Gasteiger partial charge in [-0.25, -0.2) is 4.98 Å². The molecule has 20 heavy (non-hydrogen) atoms. The highest BCUT2D eigenvalue weighted by Crippen LogP contribution is 2.35. The molecule has 2 N–H and O–H groups in total. The third-order valence-electron chi connectivity index (χ3n) is 3.41. The number of hydrogen-bond acceptors (Lipinski definition) is 5. The molecule has 1 saturated heterocycles. The Hall–Kier alpha value is -1.27. The van der Waals surface area contributed by atoms with Gasteiger partial charge in [-0.1, -0.05) is 0 Å². The number of carbonyl (C=O) groups excluding carboxylic acids is 1. The molecule has 0 atom stereocenters. The Morgan fingerprint density at radius 1 is 1.50 bits per heavy atom. The van der Waals surface area contributed by atoms with Gasteiger partial charge in [0.25, 0.3) is 5.91 Å². The van der Waals surface area contributed by atoms with Crippen LogP contribution in [0.4, 0.5) is 5.69 Å². The number of anilines is 1. The minimum absolute atomic E-state index is 0.0406. The van der Waals surface area contributed by atoms with Crippen molar-refractivity contribution in [3.63, 3.8) is 0 Å². The number of pyridine rings is 1. The van der Waals surface area contributed by atoms with Gasteiger partial charge in [-0.15, -0.1) is 11.3 Å². The highest BCUT2D eigenvalue weighted by molar-refractivity contribution is 8.00. The molecule has 0 bridgehead atoms. The van der Waals surface area contributed by atoms with Crippen LogP contribution in [0.1, 0.15) is 23.5 Å². The van der Waals surface area contributed by atoms with Gasteiger partial charge in [0.05, 0.1) is 5.69 Å². The molecule has 3 rings (SSSR count). The van der Waals surface area contributed by atoms with Crippen molar-refractivity contribution >= 4 is 44.9 Å². The number of nitrogens with two attached hydrogens (primary N) is 1. The summed E-state index contributed by atoms with van der Waals surface area (Å²) in [5, 5.41) is 0.881. The zero-order valence-corrected chi connectivity index (χ0v) is 13.2. The second kappa shape index (κ2) is 4.93. The molecule has 1 fully saturated rings. The molecule has 0 spiro atoms. The minimum atomic E-state index is 0.0406. The lowest BCUT2D eigenvalue weighted by molar-refractivity contribution is 0.0754. The van der Waals surface area contributed by atoms with Crippen molar-refractivity contribution < 1.29 is 4.79 Å². The molecule has 106 valence electrons. The Morgan fingerprint density at radius 2 is 2.30 bits per heavy atom. The molecule has 3 heterocycles. The summed E-state index contributed by atoms with van der Waals surface area (Å²) in [6.07, 6.45) is 1.73. The average molecular weight is 307 g/mol. The third kappa shape index (κ3) is 2.38. The van der Waals surface area contributed by atoms with Crippen molar-refractivity contribution in [2.45, 2.75) is 18.6 Å². The summed E-state index contributed by atoms with van der Waals surface area (Å²) in [5.74, 6) is 1.01. The second-order valence-electron chi connectivity index (χ2n) is 5.54. The van der Waals surface area contributed by atoms with Crippen LogP contribution in [0, 0.1) is 0 Å². The summed E-state index contributed by atoms with van der Waals surface area (Å²) in [7, 11) is 0. The van der Waals surface area contributed by atoms with Crippen molar-refractivity contribution in [2.75, 3.05) is 24.6 Å². The molecule has 2 aromatic heterocycles. The lowest BCUT2D eigenvalue weighted by Gasteiger charge is -2.37. The Kier molecular flexibility index (Phi) is 3.38. The van der Waals surface area contributed by atoms with Crippen molar-refractivity contribution in [2.24, 2.45) is 0 Å². The van der Waals surface area contributed by atoms with Crippen molar-refractivity contribution in [3.05, 3.63) is 23.2 Å². The van der Waals surface area contributed by atoms with Crippen molar-refractivity contribution in [1.29, 1.82) is 0 Å². The molecule has 0 unspecified atom stereocenters. The van der Waals surface area contributed by atoms with E-state index in [1.165, 1.54) is 11.3 Å². The van der Waals surface area contributed by atoms with E-state index in [0.717, 1.165) is 29.1 Å². The molecule has 4 nitrogen and oxygen atoms in total. The van der Waals surface area contributed by atoms with Crippen LogP contribution < -0.4 is 5.73 Å². The Balaban J connectivity index is 1.94. The fourth-order valence-corrected chi connectivity index (χ4v) is 4.59. The van der Waals surface area contributed by atoms with Crippen molar-refractivity contribution in [1.82, 2.24) is 9.88 Å². The van der Waals surface area contributed by atoms with Gasteiger partial charge >= 0.3 is 0 Å². The number of thiophene rings is 1. The zero-order valence-electron chi connectivity index (χ0n) is 11.5. The molecule has 1 aliphatic rings. The Bertz CT molecular complexity index is 665. The summed E-state index contributed by atoms with van der Waals surface area (Å²) in [5.41, 5.74) is 6.70. The fourth-order valence-electron chi connectivity index (χ4n) is 2.44. The third-order valence-corrected chi connectivity index (χ3v) is 5.83. The number of nitrogen functional groups attached to an aromatic ring is 1. The first-order valence-corrected chi connectivity index (χ1v) is 8.34. The van der Waals surface area contributed by atoms with Crippen LogP contribution in [0.25, 0.3) is 10.2 Å². The summed E-state index contributed by atoms with van der Waals surface area (Å²) in [6.45, 7) is 5.89. The first-order chi connectivity index (χ1) is 9.48. The maximum absolute atomic E-state index is 12.7. The Labute approximate surface area is 126 Å². The highest BCUT2D eigenvalue weighted by atomic mass is 32.2. The molecule has 1 amide bonds. The van der Waals surface area contributed by atoms with E-state index in [1.807, 2.05) is 28.8 Å². The van der Waals surface area contributed by atoms with Gasteiger partial charge in [0, 0.05) is 35.2 Å². The number of thioether (sulfide) groups is 1. The number of carbonyl (C=O) groups is 1. The zero-order chi connectivity index (χ0) is 14.3. The average Bonchev–Trinajstić information content (AvgIpc) is 2.75. The molecule has 0 radical (unpaired) electrons. The van der Waals surface area contributed by atoms with Crippen LogP contribution in [-0.4, -0.2) is 39.4 Å². The lowest BCUT2D eigenvalue weighted by Crippen LogP contribution is -2.46. The van der Waals surface area contributed by atoms with E-state index in [4.69, 9.17) is 5.73 Å². The van der Waals surface area contributed by atoms with Crippen LogP contribution in [0.3, 0.4) is 0 Å². The van der Waals surface area contributed by atoms with Gasteiger partial charge in [0.2, 0.25) is 0 Å². The van der Waals surface area contributed by atoms with Crippen LogP contribution >= 0.6 is 23.1 Å². The summed E-state index contributed by atoms with van der Waals surface area (Å²) in [4.78, 5) is 20.4. The number of hydrogen-bond donors (Lipinski definition) is 1. The van der Waals surface area contributed by atoms with Crippen LogP contribution in [0.2, 0.25) is 0 Å². The summed E-state index contributed by atoms with van der Waals surface area (Å²) < 4.78 is 0.109. The number of rotatable bonds is 1. The van der Waals surface area contributed by atoms with Crippen molar-refractivity contribution in [3.8, 4) is 0 Å². The SMILES string of the molecule is CC1(C)CN(C(=O)c2sc3ncccc3c2N)CCS1. The normalized spacial score (nSPS) is 18.4.